The van der Waals surface area contributed by atoms with Crippen molar-refractivity contribution in [2.45, 2.75) is 16.8 Å². The molecule has 7 heteroatoms. The summed E-state index contributed by atoms with van der Waals surface area (Å²) >= 11 is 1.21. The molecule has 0 saturated carbocycles. The normalized spacial score (nSPS) is 10.4. The lowest BCUT2D eigenvalue weighted by Crippen LogP contribution is -2.00. The Morgan fingerprint density at radius 2 is 1.94 bits per heavy atom. The second kappa shape index (κ2) is 4.98. The Labute approximate surface area is 102 Å². The Hall–Kier alpha value is -1.86. The first kappa shape index (κ1) is 11.6. The number of nitrogens with two attached hydrogens (primary N) is 2. The number of anilines is 2. The van der Waals surface area contributed by atoms with E-state index in [1.165, 1.54) is 17.8 Å². The van der Waals surface area contributed by atoms with Crippen LogP contribution in [0.5, 0.6) is 0 Å². The van der Waals surface area contributed by atoms with E-state index >= 15 is 0 Å². The Bertz CT molecular complexity index is 514. The lowest BCUT2D eigenvalue weighted by molar-refractivity contribution is 0.278. The highest BCUT2D eigenvalue weighted by Gasteiger charge is 2.08. The monoisotopic (exact) mass is 249 g/mol. The summed E-state index contributed by atoms with van der Waals surface area (Å²) in [6.45, 7) is -0.0893. The van der Waals surface area contributed by atoms with E-state index in [0.29, 0.717) is 27.4 Å². The summed E-state index contributed by atoms with van der Waals surface area (Å²) in [5.41, 5.74) is 11.8. The van der Waals surface area contributed by atoms with Crippen LogP contribution in [-0.4, -0.2) is 20.1 Å². The molecule has 17 heavy (non-hydrogen) atoms. The van der Waals surface area contributed by atoms with Gasteiger partial charge in [0, 0.05) is 17.8 Å². The lowest BCUT2D eigenvalue weighted by atomic mass is 10.3. The molecular weight excluding hydrogens is 238 g/mol. The Kier molecular flexibility index (Phi) is 3.40. The maximum absolute atomic E-state index is 9.16. The molecule has 0 aromatic carbocycles. The van der Waals surface area contributed by atoms with Crippen LogP contribution in [0.25, 0.3) is 0 Å². The van der Waals surface area contributed by atoms with Crippen molar-refractivity contribution in [2.24, 2.45) is 0 Å². The smallest absolute Gasteiger partial charge is 0.197 e. The van der Waals surface area contributed by atoms with E-state index in [2.05, 4.69) is 15.0 Å². The fraction of sp³-hybridized carbons (Fsp3) is 0.100. The van der Waals surface area contributed by atoms with Crippen LogP contribution in [0, 0.1) is 0 Å². The summed E-state index contributed by atoms with van der Waals surface area (Å²) in [6.07, 6.45) is 1.64. The number of rotatable bonds is 3. The van der Waals surface area contributed by atoms with Gasteiger partial charge < -0.3 is 16.6 Å². The Balaban J connectivity index is 2.31. The van der Waals surface area contributed by atoms with Gasteiger partial charge in [-0.05, 0) is 17.8 Å². The molecule has 0 aliphatic carbocycles. The number of pyridine rings is 1. The summed E-state index contributed by atoms with van der Waals surface area (Å²) in [5, 5.41) is 10.2. The third kappa shape index (κ3) is 2.83. The van der Waals surface area contributed by atoms with E-state index in [9.17, 15) is 0 Å². The van der Waals surface area contributed by atoms with Crippen LogP contribution in [0.15, 0.2) is 34.6 Å². The third-order valence-electron chi connectivity index (χ3n) is 1.95. The average molecular weight is 249 g/mol. The summed E-state index contributed by atoms with van der Waals surface area (Å²) in [5.74, 6) is 0.614. The molecule has 0 saturated heterocycles. The number of aliphatic hydroxyl groups is 1. The molecular formula is C10H11N5OS. The van der Waals surface area contributed by atoms with Crippen molar-refractivity contribution < 1.29 is 5.11 Å². The number of hydrogen-bond acceptors (Lipinski definition) is 7. The maximum Gasteiger partial charge on any atom is 0.197 e. The molecule has 0 bridgehead atoms. The average Bonchev–Trinajstić information content (AvgIpc) is 2.28. The predicted molar refractivity (Wildman–Crippen MR) is 65.1 cm³/mol. The number of nitrogen functional groups attached to an aromatic ring is 2. The van der Waals surface area contributed by atoms with E-state index in [1.807, 2.05) is 0 Å². The fourth-order valence-corrected chi connectivity index (χ4v) is 2.08. The molecule has 5 N–H and O–H groups in total. The number of hydrogen-bond donors (Lipinski definition) is 3. The number of aromatic nitrogens is 3. The van der Waals surface area contributed by atoms with Crippen molar-refractivity contribution in [1.29, 1.82) is 0 Å². The topological polar surface area (TPSA) is 111 Å². The zero-order chi connectivity index (χ0) is 12.3. The van der Waals surface area contributed by atoms with Gasteiger partial charge in [0.1, 0.15) is 16.7 Å². The standard InChI is InChI=1S/C10H11N5OS/c11-7-4-8(12)15-10(14-7)17-9-6(5-16)2-1-3-13-9/h1-4,16H,5H2,(H4,11,12,14,15). The van der Waals surface area contributed by atoms with Gasteiger partial charge in [0.25, 0.3) is 0 Å². The molecule has 0 atom stereocenters. The summed E-state index contributed by atoms with van der Waals surface area (Å²) in [7, 11) is 0. The third-order valence-corrected chi connectivity index (χ3v) is 2.88. The quantitative estimate of drug-likeness (QED) is 0.686. The van der Waals surface area contributed by atoms with Crippen molar-refractivity contribution >= 4 is 23.4 Å². The largest absolute Gasteiger partial charge is 0.392 e. The predicted octanol–water partition coefficient (Wildman–Crippen LogP) is 0.680. The highest BCUT2D eigenvalue weighted by molar-refractivity contribution is 7.99. The number of aliphatic hydroxyl groups excluding tert-OH is 1. The van der Waals surface area contributed by atoms with Gasteiger partial charge in [-0.15, -0.1) is 0 Å². The first-order valence-corrected chi connectivity index (χ1v) is 5.63. The minimum absolute atomic E-state index is 0.0893. The van der Waals surface area contributed by atoms with Crippen LogP contribution in [0.3, 0.4) is 0 Å². The molecule has 0 fully saturated rings. The molecule has 0 aliphatic heterocycles. The van der Waals surface area contributed by atoms with Crippen LogP contribution in [0.4, 0.5) is 11.6 Å². The van der Waals surface area contributed by atoms with Crippen LogP contribution in [-0.2, 0) is 6.61 Å². The molecule has 2 rings (SSSR count). The van der Waals surface area contributed by atoms with Gasteiger partial charge in [-0.2, -0.15) is 0 Å². The van der Waals surface area contributed by atoms with E-state index in [1.54, 1.807) is 18.3 Å². The van der Waals surface area contributed by atoms with Gasteiger partial charge in [0.05, 0.1) is 6.61 Å². The van der Waals surface area contributed by atoms with Gasteiger partial charge in [-0.25, -0.2) is 15.0 Å². The molecule has 6 nitrogen and oxygen atoms in total. The van der Waals surface area contributed by atoms with E-state index in [-0.39, 0.29) is 6.61 Å². The molecule has 2 aromatic rings. The van der Waals surface area contributed by atoms with Gasteiger partial charge in [-0.1, -0.05) is 6.07 Å². The second-order valence-electron chi connectivity index (χ2n) is 3.23. The van der Waals surface area contributed by atoms with Crippen LogP contribution in [0.2, 0.25) is 0 Å². The summed E-state index contributed by atoms with van der Waals surface area (Å²) < 4.78 is 0. The zero-order valence-electron chi connectivity index (χ0n) is 8.87. The van der Waals surface area contributed by atoms with Gasteiger partial charge >= 0.3 is 0 Å². The first-order valence-electron chi connectivity index (χ1n) is 4.81. The first-order chi connectivity index (χ1) is 8.19. The summed E-state index contributed by atoms with van der Waals surface area (Å²) in [6, 6.07) is 5.02. The highest BCUT2D eigenvalue weighted by atomic mass is 32.2. The molecule has 0 aliphatic rings. The second-order valence-corrected chi connectivity index (χ2v) is 4.18. The fourth-order valence-electron chi connectivity index (χ4n) is 1.23. The van der Waals surface area contributed by atoms with Crippen LogP contribution < -0.4 is 11.5 Å². The van der Waals surface area contributed by atoms with Crippen molar-refractivity contribution in [1.82, 2.24) is 15.0 Å². The maximum atomic E-state index is 9.16. The van der Waals surface area contributed by atoms with Crippen LogP contribution >= 0.6 is 11.8 Å². The zero-order valence-corrected chi connectivity index (χ0v) is 9.68. The SMILES string of the molecule is Nc1cc(N)nc(Sc2ncccc2CO)n1. The van der Waals surface area contributed by atoms with Gasteiger partial charge in [0.2, 0.25) is 0 Å². The molecule has 2 heterocycles. The minimum atomic E-state index is -0.0893. The van der Waals surface area contributed by atoms with E-state index in [0.717, 1.165) is 0 Å². The minimum Gasteiger partial charge on any atom is -0.392 e. The molecule has 0 unspecified atom stereocenters. The van der Waals surface area contributed by atoms with Crippen molar-refractivity contribution in [3.63, 3.8) is 0 Å². The van der Waals surface area contributed by atoms with Crippen molar-refractivity contribution in [2.75, 3.05) is 11.5 Å². The molecule has 0 amide bonds. The molecule has 88 valence electrons. The van der Waals surface area contributed by atoms with E-state index < -0.39 is 0 Å². The van der Waals surface area contributed by atoms with Crippen molar-refractivity contribution in [3.8, 4) is 0 Å². The van der Waals surface area contributed by atoms with Crippen LogP contribution in [0.1, 0.15) is 5.56 Å². The number of nitrogens with zero attached hydrogens (tertiary/aromatic N) is 3. The lowest BCUT2D eigenvalue weighted by Gasteiger charge is -2.05. The summed E-state index contributed by atoms with van der Waals surface area (Å²) in [4.78, 5) is 12.2. The molecule has 0 spiro atoms. The van der Waals surface area contributed by atoms with Gasteiger partial charge in [0.15, 0.2) is 5.16 Å². The van der Waals surface area contributed by atoms with Crippen molar-refractivity contribution in [3.05, 3.63) is 30.0 Å². The Morgan fingerprint density at radius 3 is 2.59 bits per heavy atom. The highest BCUT2D eigenvalue weighted by Crippen LogP contribution is 2.26. The van der Waals surface area contributed by atoms with E-state index in [4.69, 9.17) is 16.6 Å². The molecule has 0 radical (unpaired) electrons. The van der Waals surface area contributed by atoms with Gasteiger partial charge in [-0.3, -0.25) is 0 Å². The molecule has 2 aromatic heterocycles. The Morgan fingerprint density at radius 1 is 1.24 bits per heavy atom.